The van der Waals surface area contributed by atoms with Crippen molar-refractivity contribution in [3.63, 3.8) is 0 Å². The van der Waals surface area contributed by atoms with Crippen LogP contribution < -0.4 is 5.46 Å². The number of esters is 1. The molecule has 1 aliphatic rings. The molecule has 4 nitrogen and oxygen atoms in total. The van der Waals surface area contributed by atoms with Crippen molar-refractivity contribution in [1.82, 2.24) is 0 Å². The predicted octanol–water partition coefficient (Wildman–Crippen LogP) is 1.86. The van der Waals surface area contributed by atoms with E-state index < -0.39 is 0 Å². The third-order valence-electron chi connectivity index (χ3n) is 3.74. The standard InChI is InChI=1S/C15H21BO4/c1-10-11(2)13(7-6-12(10)14(17)18-5)16-19-8-15(3,4)9-20-16/h6-7H,8-9H2,1-5H3. The summed E-state index contributed by atoms with van der Waals surface area (Å²) in [5, 5.41) is 0. The Morgan fingerprint density at radius 2 is 1.80 bits per heavy atom. The van der Waals surface area contributed by atoms with Crippen LogP contribution in [0.2, 0.25) is 0 Å². The van der Waals surface area contributed by atoms with E-state index >= 15 is 0 Å². The number of rotatable bonds is 2. The summed E-state index contributed by atoms with van der Waals surface area (Å²) in [5.74, 6) is -0.316. The highest BCUT2D eigenvalue weighted by molar-refractivity contribution is 6.62. The van der Waals surface area contributed by atoms with Crippen molar-refractivity contribution in [1.29, 1.82) is 0 Å². The third-order valence-corrected chi connectivity index (χ3v) is 3.74. The number of benzene rings is 1. The SMILES string of the molecule is COC(=O)c1ccc(B2OCC(C)(C)CO2)c(C)c1C. The van der Waals surface area contributed by atoms with Crippen molar-refractivity contribution in [3.8, 4) is 0 Å². The average Bonchev–Trinajstić information content (AvgIpc) is 2.41. The summed E-state index contributed by atoms with van der Waals surface area (Å²) in [4.78, 5) is 11.7. The van der Waals surface area contributed by atoms with Crippen LogP contribution in [-0.2, 0) is 14.0 Å². The van der Waals surface area contributed by atoms with Crippen molar-refractivity contribution >= 4 is 18.6 Å². The molecule has 1 aliphatic heterocycles. The van der Waals surface area contributed by atoms with Crippen LogP contribution >= 0.6 is 0 Å². The quantitative estimate of drug-likeness (QED) is 0.611. The topological polar surface area (TPSA) is 44.8 Å². The van der Waals surface area contributed by atoms with Crippen LogP contribution in [0.5, 0.6) is 0 Å². The minimum Gasteiger partial charge on any atom is -0.465 e. The third kappa shape index (κ3) is 2.89. The largest absolute Gasteiger partial charge is 0.494 e. The van der Waals surface area contributed by atoms with Gasteiger partial charge < -0.3 is 14.0 Å². The van der Waals surface area contributed by atoms with Crippen molar-refractivity contribution in [2.24, 2.45) is 5.41 Å². The summed E-state index contributed by atoms with van der Waals surface area (Å²) in [6, 6.07) is 3.66. The zero-order valence-corrected chi connectivity index (χ0v) is 12.8. The molecular weight excluding hydrogens is 255 g/mol. The Bertz CT molecular complexity index is 515. The zero-order chi connectivity index (χ0) is 14.9. The Kier molecular flexibility index (Phi) is 4.21. The summed E-state index contributed by atoms with van der Waals surface area (Å²) in [7, 11) is 1.04. The minimum absolute atomic E-state index is 0.0470. The number of ether oxygens (including phenoxy) is 1. The molecule has 0 N–H and O–H groups in total. The van der Waals surface area contributed by atoms with Crippen molar-refractivity contribution in [3.05, 3.63) is 28.8 Å². The molecular formula is C15H21BO4. The van der Waals surface area contributed by atoms with E-state index in [2.05, 4.69) is 13.8 Å². The lowest BCUT2D eigenvalue weighted by Crippen LogP contribution is -2.48. The van der Waals surface area contributed by atoms with Crippen LogP contribution in [0.3, 0.4) is 0 Å². The van der Waals surface area contributed by atoms with Crippen molar-refractivity contribution in [2.45, 2.75) is 27.7 Å². The van der Waals surface area contributed by atoms with Gasteiger partial charge in [-0.1, -0.05) is 19.9 Å². The first-order valence-electron chi connectivity index (χ1n) is 6.77. The van der Waals surface area contributed by atoms with E-state index in [0.717, 1.165) is 16.6 Å². The van der Waals surface area contributed by atoms with Gasteiger partial charge in [-0.05, 0) is 36.5 Å². The van der Waals surface area contributed by atoms with Gasteiger partial charge in [-0.2, -0.15) is 0 Å². The molecule has 1 fully saturated rings. The highest BCUT2D eigenvalue weighted by atomic mass is 16.6. The highest BCUT2D eigenvalue weighted by Gasteiger charge is 2.34. The van der Waals surface area contributed by atoms with Gasteiger partial charge in [-0.15, -0.1) is 0 Å². The van der Waals surface area contributed by atoms with Crippen LogP contribution in [0, 0.1) is 19.3 Å². The Balaban J connectivity index is 2.26. The van der Waals surface area contributed by atoms with Gasteiger partial charge in [-0.25, -0.2) is 4.79 Å². The van der Waals surface area contributed by atoms with Crippen LogP contribution in [-0.4, -0.2) is 33.4 Å². The van der Waals surface area contributed by atoms with Gasteiger partial charge >= 0.3 is 13.1 Å². The first-order chi connectivity index (χ1) is 9.35. The summed E-state index contributed by atoms with van der Waals surface area (Å²) >= 11 is 0. The molecule has 0 aromatic heterocycles. The Morgan fingerprint density at radius 1 is 1.20 bits per heavy atom. The van der Waals surface area contributed by atoms with Crippen LogP contribution in [0.25, 0.3) is 0 Å². The molecule has 0 aliphatic carbocycles. The molecule has 108 valence electrons. The summed E-state index contributed by atoms with van der Waals surface area (Å²) < 4.78 is 16.4. The first kappa shape index (κ1) is 15.1. The van der Waals surface area contributed by atoms with E-state index in [1.54, 1.807) is 6.07 Å². The molecule has 0 atom stereocenters. The molecule has 2 rings (SSSR count). The van der Waals surface area contributed by atoms with Crippen LogP contribution in [0.4, 0.5) is 0 Å². The summed E-state index contributed by atoms with van der Waals surface area (Å²) in [5.41, 5.74) is 3.53. The predicted molar refractivity (Wildman–Crippen MR) is 78.3 cm³/mol. The zero-order valence-electron chi connectivity index (χ0n) is 12.8. The number of hydrogen-bond donors (Lipinski definition) is 0. The molecule has 5 heteroatoms. The van der Waals surface area contributed by atoms with E-state index in [-0.39, 0.29) is 18.5 Å². The maximum atomic E-state index is 11.7. The molecule has 1 aromatic carbocycles. The minimum atomic E-state index is -0.353. The van der Waals surface area contributed by atoms with E-state index in [0.29, 0.717) is 18.8 Å². The van der Waals surface area contributed by atoms with Gasteiger partial charge in [0.1, 0.15) is 0 Å². The fraction of sp³-hybridized carbons (Fsp3) is 0.533. The molecule has 0 saturated carbocycles. The normalized spacial score (nSPS) is 17.9. The second-order valence-electron chi connectivity index (χ2n) is 6.06. The average molecular weight is 276 g/mol. The van der Waals surface area contributed by atoms with Crippen LogP contribution in [0.1, 0.15) is 35.3 Å². The molecule has 0 amide bonds. The molecule has 1 heterocycles. The van der Waals surface area contributed by atoms with Gasteiger partial charge in [0.05, 0.1) is 12.7 Å². The fourth-order valence-corrected chi connectivity index (χ4v) is 2.30. The Morgan fingerprint density at radius 3 is 2.35 bits per heavy atom. The number of carbonyl (C=O) groups is 1. The van der Waals surface area contributed by atoms with Gasteiger partial charge in [0.15, 0.2) is 0 Å². The molecule has 0 bridgehead atoms. The summed E-state index contributed by atoms with van der Waals surface area (Å²) in [6.07, 6.45) is 0. The van der Waals surface area contributed by atoms with Gasteiger partial charge in [-0.3, -0.25) is 0 Å². The van der Waals surface area contributed by atoms with Gasteiger partial charge in [0, 0.05) is 18.6 Å². The second kappa shape index (κ2) is 5.58. The maximum absolute atomic E-state index is 11.7. The maximum Gasteiger partial charge on any atom is 0.494 e. The van der Waals surface area contributed by atoms with E-state index in [9.17, 15) is 4.79 Å². The highest BCUT2D eigenvalue weighted by Crippen LogP contribution is 2.22. The molecule has 20 heavy (non-hydrogen) atoms. The molecule has 0 spiro atoms. The lowest BCUT2D eigenvalue weighted by atomic mass is 9.72. The Hall–Kier alpha value is -1.33. The second-order valence-corrected chi connectivity index (χ2v) is 6.06. The lowest BCUT2D eigenvalue weighted by Gasteiger charge is -2.33. The van der Waals surface area contributed by atoms with E-state index in [1.807, 2.05) is 19.9 Å². The number of methoxy groups -OCH3 is 1. The van der Waals surface area contributed by atoms with Crippen molar-refractivity contribution < 1.29 is 18.8 Å². The van der Waals surface area contributed by atoms with E-state index in [4.69, 9.17) is 14.0 Å². The monoisotopic (exact) mass is 276 g/mol. The van der Waals surface area contributed by atoms with E-state index in [1.165, 1.54) is 7.11 Å². The van der Waals surface area contributed by atoms with Crippen LogP contribution in [0.15, 0.2) is 12.1 Å². The van der Waals surface area contributed by atoms with Crippen molar-refractivity contribution in [2.75, 3.05) is 20.3 Å². The number of carbonyl (C=O) groups excluding carboxylic acids is 1. The number of hydrogen-bond acceptors (Lipinski definition) is 4. The fourth-order valence-electron chi connectivity index (χ4n) is 2.30. The Labute approximate surface area is 120 Å². The smallest absolute Gasteiger partial charge is 0.465 e. The molecule has 0 unspecified atom stereocenters. The molecule has 0 radical (unpaired) electrons. The molecule has 1 aromatic rings. The van der Waals surface area contributed by atoms with Gasteiger partial charge in [0.25, 0.3) is 0 Å². The summed E-state index contributed by atoms with van der Waals surface area (Å²) in [6.45, 7) is 9.44. The molecule has 1 saturated heterocycles. The lowest BCUT2D eigenvalue weighted by molar-refractivity contribution is 0.0342. The van der Waals surface area contributed by atoms with Gasteiger partial charge in [0.2, 0.25) is 0 Å². The first-order valence-corrected chi connectivity index (χ1v) is 6.77.